The Kier molecular flexibility index (Phi) is 2.08. The van der Waals surface area contributed by atoms with Gasteiger partial charge in [-0.1, -0.05) is 0 Å². The van der Waals surface area contributed by atoms with Crippen molar-refractivity contribution in [3.05, 3.63) is 18.0 Å². The number of nitrogens with one attached hydrogen (secondary N) is 1. The molecule has 72 valence electrons. The highest BCUT2D eigenvalue weighted by atomic mass is 35.5. The predicted octanol–water partition coefficient (Wildman–Crippen LogP) is 0.775. The molecule has 1 aliphatic carbocycles. The standard InChI is InChI=1S/C9H13N3.ClH/c1-12-3-2-8(11-12)9-6-4-10-5-7(6)9;/h2-3,6-7,9-10H,4-5H2,1H3;1H. The normalized spacial score (nSPS) is 35.3. The zero-order valence-electron chi connectivity index (χ0n) is 7.60. The highest BCUT2D eigenvalue weighted by Crippen LogP contribution is 2.55. The smallest absolute Gasteiger partial charge is 0.0662 e. The lowest BCUT2D eigenvalue weighted by molar-refractivity contribution is 0.657. The van der Waals surface area contributed by atoms with E-state index >= 15 is 0 Å². The van der Waals surface area contributed by atoms with Crippen molar-refractivity contribution in [2.45, 2.75) is 5.92 Å². The van der Waals surface area contributed by atoms with Gasteiger partial charge in [-0.15, -0.1) is 12.4 Å². The third-order valence-corrected chi connectivity index (χ3v) is 3.17. The van der Waals surface area contributed by atoms with E-state index in [1.807, 2.05) is 17.9 Å². The minimum Gasteiger partial charge on any atom is -0.316 e. The summed E-state index contributed by atoms with van der Waals surface area (Å²) in [6.45, 7) is 2.40. The number of fused-ring (bicyclic) bond motifs is 1. The molecule has 1 aromatic heterocycles. The van der Waals surface area contributed by atoms with Gasteiger partial charge in [0.2, 0.25) is 0 Å². The van der Waals surface area contributed by atoms with Crippen molar-refractivity contribution in [3.63, 3.8) is 0 Å². The molecule has 2 fully saturated rings. The molecule has 2 atom stereocenters. The zero-order valence-corrected chi connectivity index (χ0v) is 8.42. The summed E-state index contributed by atoms with van der Waals surface area (Å²) in [5.41, 5.74) is 1.30. The van der Waals surface area contributed by atoms with E-state index in [1.54, 1.807) is 0 Å². The van der Waals surface area contributed by atoms with Crippen LogP contribution < -0.4 is 5.32 Å². The monoisotopic (exact) mass is 199 g/mol. The molecule has 2 unspecified atom stereocenters. The van der Waals surface area contributed by atoms with Crippen molar-refractivity contribution < 1.29 is 0 Å². The summed E-state index contributed by atoms with van der Waals surface area (Å²) < 4.78 is 1.90. The van der Waals surface area contributed by atoms with Crippen LogP contribution in [0.1, 0.15) is 11.6 Å². The van der Waals surface area contributed by atoms with Crippen LogP contribution in [-0.2, 0) is 7.05 Å². The fourth-order valence-electron chi connectivity index (χ4n) is 2.47. The van der Waals surface area contributed by atoms with Crippen LogP contribution in [0.3, 0.4) is 0 Å². The van der Waals surface area contributed by atoms with Gasteiger partial charge in [0.1, 0.15) is 0 Å². The lowest BCUT2D eigenvalue weighted by atomic mass is 10.2. The van der Waals surface area contributed by atoms with Crippen molar-refractivity contribution >= 4 is 12.4 Å². The van der Waals surface area contributed by atoms with Crippen molar-refractivity contribution in [2.75, 3.05) is 13.1 Å². The van der Waals surface area contributed by atoms with Gasteiger partial charge in [0.05, 0.1) is 5.69 Å². The number of hydrogen-bond donors (Lipinski definition) is 1. The van der Waals surface area contributed by atoms with Crippen LogP contribution in [0, 0.1) is 11.8 Å². The molecular formula is C9H14ClN3. The average molecular weight is 200 g/mol. The lowest BCUT2D eigenvalue weighted by Gasteiger charge is -1.99. The van der Waals surface area contributed by atoms with E-state index in [-0.39, 0.29) is 12.4 Å². The molecular weight excluding hydrogens is 186 g/mol. The largest absolute Gasteiger partial charge is 0.316 e. The first kappa shape index (κ1) is 9.03. The quantitative estimate of drug-likeness (QED) is 0.725. The number of piperidine rings is 1. The highest BCUT2D eigenvalue weighted by Gasteiger charge is 2.54. The number of aryl methyl sites for hydroxylation is 1. The van der Waals surface area contributed by atoms with Crippen LogP contribution in [0.25, 0.3) is 0 Å². The third kappa shape index (κ3) is 1.27. The van der Waals surface area contributed by atoms with Gasteiger partial charge in [-0.3, -0.25) is 4.68 Å². The fraction of sp³-hybridized carbons (Fsp3) is 0.667. The molecule has 1 N–H and O–H groups in total. The molecule has 0 amide bonds. The summed E-state index contributed by atoms with van der Waals surface area (Å²) in [5, 5.41) is 7.84. The van der Waals surface area contributed by atoms with Crippen LogP contribution in [0.15, 0.2) is 12.3 Å². The van der Waals surface area contributed by atoms with E-state index in [0.717, 1.165) is 17.8 Å². The van der Waals surface area contributed by atoms with Crippen LogP contribution in [-0.4, -0.2) is 22.9 Å². The van der Waals surface area contributed by atoms with E-state index < -0.39 is 0 Å². The second-order valence-corrected chi connectivity index (χ2v) is 3.93. The number of aromatic nitrogens is 2. The maximum atomic E-state index is 4.44. The molecule has 1 aromatic rings. The molecule has 2 aliphatic rings. The van der Waals surface area contributed by atoms with E-state index in [0.29, 0.717) is 0 Å². The second-order valence-electron chi connectivity index (χ2n) is 3.93. The van der Waals surface area contributed by atoms with Crippen molar-refractivity contribution in [2.24, 2.45) is 18.9 Å². The maximum absolute atomic E-state index is 4.44. The van der Waals surface area contributed by atoms with Crippen molar-refractivity contribution in [3.8, 4) is 0 Å². The van der Waals surface area contributed by atoms with E-state index in [4.69, 9.17) is 0 Å². The van der Waals surface area contributed by atoms with Crippen molar-refractivity contribution in [1.82, 2.24) is 15.1 Å². The number of rotatable bonds is 1. The van der Waals surface area contributed by atoms with Gasteiger partial charge >= 0.3 is 0 Å². The molecule has 0 spiro atoms. The maximum Gasteiger partial charge on any atom is 0.0662 e. The average Bonchev–Trinajstić information content (AvgIpc) is 2.55. The van der Waals surface area contributed by atoms with Gasteiger partial charge in [0.15, 0.2) is 0 Å². The molecule has 4 heteroatoms. The highest BCUT2D eigenvalue weighted by molar-refractivity contribution is 5.85. The summed E-state index contributed by atoms with van der Waals surface area (Å²) in [6.07, 6.45) is 2.04. The summed E-state index contributed by atoms with van der Waals surface area (Å²) in [4.78, 5) is 0. The number of halogens is 1. The molecule has 3 rings (SSSR count). The molecule has 13 heavy (non-hydrogen) atoms. The third-order valence-electron chi connectivity index (χ3n) is 3.17. The molecule has 1 saturated carbocycles. The number of nitrogens with zero attached hydrogens (tertiary/aromatic N) is 2. The molecule has 0 aromatic carbocycles. The second kappa shape index (κ2) is 3.00. The molecule has 1 aliphatic heterocycles. The Morgan fingerprint density at radius 2 is 2.15 bits per heavy atom. The summed E-state index contributed by atoms with van der Waals surface area (Å²) in [5.74, 6) is 2.55. The van der Waals surface area contributed by atoms with Gasteiger partial charge in [-0.2, -0.15) is 5.10 Å². The summed E-state index contributed by atoms with van der Waals surface area (Å²) in [7, 11) is 1.99. The van der Waals surface area contributed by atoms with Gasteiger partial charge in [0.25, 0.3) is 0 Å². The van der Waals surface area contributed by atoms with E-state index in [1.165, 1.54) is 18.8 Å². The summed E-state index contributed by atoms with van der Waals surface area (Å²) >= 11 is 0. The minimum absolute atomic E-state index is 0. The topological polar surface area (TPSA) is 29.9 Å². The van der Waals surface area contributed by atoms with Gasteiger partial charge < -0.3 is 5.32 Å². The van der Waals surface area contributed by atoms with Crippen molar-refractivity contribution in [1.29, 1.82) is 0 Å². The Bertz CT molecular complexity index is 300. The van der Waals surface area contributed by atoms with E-state index in [9.17, 15) is 0 Å². The lowest BCUT2D eigenvalue weighted by Crippen LogP contribution is -2.14. The van der Waals surface area contributed by atoms with E-state index in [2.05, 4.69) is 16.5 Å². The van der Waals surface area contributed by atoms with Crippen LogP contribution >= 0.6 is 12.4 Å². The Labute approximate surface area is 83.9 Å². The van der Waals surface area contributed by atoms with Crippen LogP contribution in [0.2, 0.25) is 0 Å². The van der Waals surface area contributed by atoms with Gasteiger partial charge in [0, 0.05) is 19.2 Å². The molecule has 3 nitrogen and oxygen atoms in total. The first-order valence-corrected chi connectivity index (χ1v) is 4.56. The zero-order chi connectivity index (χ0) is 8.13. The van der Waals surface area contributed by atoms with Crippen LogP contribution in [0.4, 0.5) is 0 Å². The van der Waals surface area contributed by atoms with Crippen LogP contribution in [0.5, 0.6) is 0 Å². The first-order valence-electron chi connectivity index (χ1n) is 4.56. The number of hydrogen-bond acceptors (Lipinski definition) is 2. The summed E-state index contributed by atoms with van der Waals surface area (Å²) in [6, 6.07) is 2.16. The van der Waals surface area contributed by atoms with Gasteiger partial charge in [-0.05, 0) is 31.0 Å². The first-order chi connectivity index (χ1) is 5.86. The SMILES string of the molecule is Cl.Cn1ccc(C2C3CNCC32)n1. The Morgan fingerprint density at radius 1 is 1.46 bits per heavy atom. The fourth-order valence-corrected chi connectivity index (χ4v) is 2.47. The molecule has 1 saturated heterocycles. The Hall–Kier alpha value is -0.540. The molecule has 2 heterocycles. The minimum atomic E-state index is 0. The van der Waals surface area contributed by atoms with Gasteiger partial charge in [-0.25, -0.2) is 0 Å². The molecule has 0 bridgehead atoms. The Morgan fingerprint density at radius 3 is 2.69 bits per heavy atom. The molecule has 0 radical (unpaired) electrons. The predicted molar refractivity (Wildman–Crippen MR) is 53.0 cm³/mol. The Balaban J connectivity index is 0.000000653.